The minimum Gasteiger partial charge on any atom is -0.497 e. The third kappa shape index (κ3) is 2.52. The fourth-order valence-electron chi connectivity index (χ4n) is 4.93. The fraction of sp³-hybridized carbons (Fsp3) is 0.600. The first kappa shape index (κ1) is 16.0. The first-order valence-electron chi connectivity index (χ1n) is 9.28. The Kier molecular flexibility index (Phi) is 4.27. The molecule has 24 heavy (non-hydrogen) atoms. The van der Waals surface area contributed by atoms with Crippen molar-refractivity contribution >= 4 is 10.9 Å². The predicted molar refractivity (Wildman–Crippen MR) is 96.5 cm³/mol. The molecular formula is C20H28N2O2. The Morgan fingerprint density at radius 2 is 2.21 bits per heavy atom. The van der Waals surface area contributed by atoms with E-state index in [1.54, 1.807) is 7.11 Å². The number of nitrogens with one attached hydrogen (secondary N) is 1. The zero-order chi connectivity index (χ0) is 16.7. The number of hydrogen-bond donors (Lipinski definition) is 2. The molecule has 4 rings (SSSR count). The molecule has 1 fully saturated rings. The number of ether oxygens (including phenoxy) is 1. The summed E-state index contributed by atoms with van der Waals surface area (Å²) in [7, 11) is 1.72. The molecular weight excluding hydrogens is 300 g/mol. The van der Waals surface area contributed by atoms with E-state index in [1.807, 2.05) is 0 Å². The van der Waals surface area contributed by atoms with E-state index in [4.69, 9.17) is 4.74 Å². The van der Waals surface area contributed by atoms with Crippen LogP contribution in [0, 0.1) is 11.8 Å². The van der Waals surface area contributed by atoms with Gasteiger partial charge in [-0.25, -0.2) is 0 Å². The second kappa shape index (κ2) is 6.41. The van der Waals surface area contributed by atoms with Crippen molar-refractivity contribution in [2.75, 3.05) is 26.8 Å². The van der Waals surface area contributed by atoms with Gasteiger partial charge in [-0.2, -0.15) is 0 Å². The predicted octanol–water partition coefficient (Wildman–Crippen LogP) is 3.50. The van der Waals surface area contributed by atoms with Crippen molar-refractivity contribution < 1.29 is 9.84 Å². The highest BCUT2D eigenvalue weighted by Gasteiger charge is 2.39. The van der Waals surface area contributed by atoms with Crippen LogP contribution in [-0.4, -0.2) is 41.8 Å². The van der Waals surface area contributed by atoms with Crippen LogP contribution >= 0.6 is 0 Å². The van der Waals surface area contributed by atoms with E-state index < -0.39 is 0 Å². The van der Waals surface area contributed by atoms with Crippen molar-refractivity contribution in [2.24, 2.45) is 11.8 Å². The Morgan fingerprint density at radius 1 is 1.33 bits per heavy atom. The first-order valence-corrected chi connectivity index (χ1v) is 9.28. The summed E-state index contributed by atoms with van der Waals surface area (Å²) in [5.74, 6) is 2.26. The van der Waals surface area contributed by atoms with Gasteiger partial charge in [0.25, 0.3) is 0 Å². The van der Waals surface area contributed by atoms with Crippen LogP contribution in [0.1, 0.15) is 43.5 Å². The molecule has 0 amide bonds. The average Bonchev–Trinajstić information content (AvgIpc) is 2.99. The summed E-state index contributed by atoms with van der Waals surface area (Å²) in [4.78, 5) is 6.36. The second-order valence-corrected chi connectivity index (χ2v) is 7.37. The van der Waals surface area contributed by atoms with Crippen LogP contribution in [0.5, 0.6) is 5.75 Å². The van der Waals surface area contributed by atoms with Gasteiger partial charge in [0.2, 0.25) is 0 Å². The lowest BCUT2D eigenvalue weighted by Crippen LogP contribution is -2.46. The van der Waals surface area contributed by atoms with Crippen molar-refractivity contribution in [2.45, 2.75) is 38.6 Å². The topological polar surface area (TPSA) is 48.5 Å². The van der Waals surface area contributed by atoms with Gasteiger partial charge in [0.05, 0.1) is 13.2 Å². The normalized spacial score (nSPS) is 27.0. The summed E-state index contributed by atoms with van der Waals surface area (Å²) in [6, 6.07) is 6.85. The standard InChI is InChI=1S/C20H28N2O2/c1-3-13-12-22-8-6-17-16-5-4-15(24-2)11-18(16)21-20(17)19(22)10-14(13)7-9-23/h4-5,11,13-14,19,21,23H,3,6-10,12H2,1-2H3. The Labute approximate surface area is 143 Å². The first-order chi connectivity index (χ1) is 11.7. The highest BCUT2D eigenvalue weighted by molar-refractivity contribution is 5.86. The van der Waals surface area contributed by atoms with E-state index in [0.717, 1.165) is 37.5 Å². The van der Waals surface area contributed by atoms with Crippen LogP contribution in [0.2, 0.25) is 0 Å². The Balaban J connectivity index is 1.71. The molecule has 3 atom stereocenters. The lowest BCUT2D eigenvalue weighted by molar-refractivity contribution is 0.0396. The van der Waals surface area contributed by atoms with Gasteiger partial charge < -0.3 is 14.8 Å². The number of piperidine rings is 1. The molecule has 0 saturated carbocycles. The van der Waals surface area contributed by atoms with E-state index in [9.17, 15) is 5.11 Å². The molecule has 2 aliphatic heterocycles. The second-order valence-electron chi connectivity index (χ2n) is 7.37. The van der Waals surface area contributed by atoms with Gasteiger partial charge in [-0.15, -0.1) is 0 Å². The van der Waals surface area contributed by atoms with Crippen molar-refractivity contribution in [1.29, 1.82) is 0 Å². The maximum atomic E-state index is 9.46. The summed E-state index contributed by atoms with van der Waals surface area (Å²) in [6.45, 7) is 4.92. The number of aromatic nitrogens is 1. The molecule has 3 heterocycles. The minimum absolute atomic E-state index is 0.310. The van der Waals surface area contributed by atoms with Crippen LogP contribution in [0.3, 0.4) is 0 Å². The molecule has 4 heteroatoms. The molecule has 0 spiro atoms. The summed E-state index contributed by atoms with van der Waals surface area (Å²) in [5.41, 5.74) is 4.09. The minimum atomic E-state index is 0.310. The zero-order valence-electron chi connectivity index (χ0n) is 14.7. The fourth-order valence-corrected chi connectivity index (χ4v) is 4.93. The monoisotopic (exact) mass is 328 g/mol. The third-order valence-corrected chi connectivity index (χ3v) is 6.26. The van der Waals surface area contributed by atoms with Crippen LogP contribution < -0.4 is 4.74 Å². The summed E-state index contributed by atoms with van der Waals surface area (Å²) in [6.07, 6.45) is 4.44. The van der Waals surface area contributed by atoms with Gasteiger partial charge in [0.15, 0.2) is 0 Å². The van der Waals surface area contributed by atoms with E-state index in [1.165, 1.54) is 35.1 Å². The molecule has 0 radical (unpaired) electrons. The molecule has 1 aromatic heterocycles. The molecule has 130 valence electrons. The van der Waals surface area contributed by atoms with Gasteiger partial charge in [0, 0.05) is 42.4 Å². The number of nitrogens with zero attached hydrogens (tertiary/aromatic N) is 1. The maximum absolute atomic E-state index is 9.46. The number of aliphatic hydroxyl groups is 1. The van der Waals surface area contributed by atoms with Crippen LogP contribution in [0.4, 0.5) is 0 Å². The summed E-state index contributed by atoms with van der Waals surface area (Å²) < 4.78 is 5.38. The van der Waals surface area contributed by atoms with Crippen molar-refractivity contribution in [3.05, 3.63) is 29.5 Å². The summed E-state index contributed by atoms with van der Waals surface area (Å²) >= 11 is 0. The maximum Gasteiger partial charge on any atom is 0.120 e. The van der Waals surface area contributed by atoms with Crippen LogP contribution in [0.25, 0.3) is 10.9 Å². The molecule has 2 aromatic rings. The van der Waals surface area contributed by atoms with Gasteiger partial charge in [-0.05, 0) is 48.8 Å². The number of benzene rings is 1. The Morgan fingerprint density at radius 3 is 2.96 bits per heavy atom. The molecule has 1 saturated heterocycles. The number of H-pyrrole nitrogens is 1. The average molecular weight is 328 g/mol. The van der Waals surface area contributed by atoms with E-state index in [2.05, 4.69) is 35.0 Å². The summed E-state index contributed by atoms with van der Waals surface area (Å²) in [5, 5.41) is 10.8. The molecule has 0 bridgehead atoms. The van der Waals surface area contributed by atoms with Crippen LogP contribution in [-0.2, 0) is 6.42 Å². The van der Waals surface area contributed by atoms with Crippen LogP contribution in [0.15, 0.2) is 18.2 Å². The van der Waals surface area contributed by atoms with Crippen molar-refractivity contribution in [1.82, 2.24) is 9.88 Å². The highest BCUT2D eigenvalue weighted by atomic mass is 16.5. The number of rotatable bonds is 4. The molecule has 2 aliphatic rings. The molecule has 2 N–H and O–H groups in total. The van der Waals surface area contributed by atoms with E-state index >= 15 is 0 Å². The number of fused-ring (bicyclic) bond motifs is 5. The number of aliphatic hydroxyl groups excluding tert-OH is 1. The molecule has 4 nitrogen and oxygen atoms in total. The van der Waals surface area contributed by atoms with Crippen molar-refractivity contribution in [3.8, 4) is 5.75 Å². The SMILES string of the molecule is CCC1CN2CCc3c([nH]c4cc(OC)ccc34)C2CC1CCO. The largest absolute Gasteiger partial charge is 0.497 e. The molecule has 3 unspecified atom stereocenters. The van der Waals surface area contributed by atoms with Crippen molar-refractivity contribution in [3.63, 3.8) is 0 Å². The Hall–Kier alpha value is -1.52. The van der Waals surface area contributed by atoms with Gasteiger partial charge in [0.1, 0.15) is 5.75 Å². The van der Waals surface area contributed by atoms with Gasteiger partial charge in [-0.1, -0.05) is 13.3 Å². The number of aromatic amines is 1. The lowest BCUT2D eigenvalue weighted by atomic mass is 9.76. The Bertz CT molecular complexity index is 724. The molecule has 0 aliphatic carbocycles. The number of methoxy groups -OCH3 is 1. The highest BCUT2D eigenvalue weighted by Crippen LogP contribution is 2.44. The quantitative estimate of drug-likeness (QED) is 0.903. The lowest BCUT2D eigenvalue weighted by Gasteiger charge is -2.46. The van der Waals surface area contributed by atoms with E-state index in [-0.39, 0.29) is 0 Å². The smallest absolute Gasteiger partial charge is 0.120 e. The van der Waals surface area contributed by atoms with E-state index in [0.29, 0.717) is 18.6 Å². The molecule has 1 aromatic carbocycles. The number of hydrogen-bond acceptors (Lipinski definition) is 3. The van der Waals surface area contributed by atoms with Gasteiger partial charge >= 0.3 is 0 Å². The zero-order valence-corrected chi connectivity index (χ0v) is 14.7. The third-order valence-electron chi connectivity index (χ3n) is 6.26. The van der Waals surface area contributed by atoms with Gasteiger partial charge in [-0.3, -0.25) is 4.90 Å².